The second-order valence-electron chi connectivity index (χ2n) is 3.04. The van der Waals surface area contributed by atoms with Crippen LogP contribution in [-0.2, 0) is 0 Å². The Bertz CT molecular complexity index is 527. The average molecular weight is 267 g/mol. The fourth-order valence-corrected chi connectivity index (χ4v) is 1.05. The van der Waals surface area contributed by atoms with Crippen LogP contribution in [0.25, 0.3) is 0 Å². The van der Waals surface area contributed by atoms with Gasteiger partial charge >= 0.3 is 5.96 Å². The first-order valence-electron chi connectivity index (χ1n) is 4.74. The number of hydrogen-bond donors (Lipinski definition) is 2. The van der Waals surface area contributed by atoms with Crippen LogP contribution in [0.3, 0.4) is 0 Å². The molecule has 0 aromatic heterocycles. The molecule has 0 fully saturated rings. The molecule has 0 spiro atoms. The van der Waals surface area contributed by atoms with E-state index in [1.165, 1.54) is 0 Å². The number of benzene rings is 1. The molecule has 1 aromatic rings. The lowest BCUT2D eigenvalue weighted by molar-refractivity contribution is -0.881. The summed E-state index contributed by atoms with van der Waals surface area (Å²) >= 11 is 0. The van der Waals surface area contributed by atoms with Crippen LogP contribution in [0, 0.1) is 20.2 Å². The summed E-state index contributed by atoms with van der Waals surface area (Å²) in [5.74, 6) is -1.45. The lowest BCUT2D eigenvalue weighted by Crippen LogP contribution is -2.46. The minimum Gasteiger partial charge on any atom is -0.368 e. The largest absolute Gasteiger partial charge is 0.368 e. The fourth-order valence-electron chi connectivity index (χ4n) is 1.05. The van der Waals surface area contributed by atoms with Crippen LogP contribution in [-0.4, -0.2) is 27.1 Å². The molecule has 11 nitrogen and oxygen atoms in total. The molecule has 0 saturated carbocycles. The van der Waals surface area contributed by atoms with Gasteiger partial charge in [-0.3, -0.25) is 0 Å². The Balaban J connectivity index is 2.98. The van der Waals surface area contributed by atoms with Crippen LogP contribution in [0.15, 0.2) is 40.3 Å². The lowest BCUT2D eigenvalue weighted by atomic mass is 10.3. The molecule has 0 amide bonds. The van der Waals surface area contributed by atoms with Gasteiger partial charge < -0.3 is 11.5 Å². The van der Waals surface area contributed by atoms with Gasteiger partial charge in [0.15, 0.2) is 0 Å². The highest BCUT2D eigenvalue weighted by atomic mass is 16.8. The van der Waals surface area contributed by atoms with E-state index in [2.05, 4.69) is 9.98 Å². The van der Waals surface area contributed by atoms with Gasteiger partial charge in [0, 0.05) is 0 Å². The van der Waals surface area contributed by atoms with Gasteiger partial charge in [-0.15, -0.1) is 0 Å². The molecular formula is C8H9N7O4. The van der Waals surface area contributed by atoms with Gasteiger partial charge in [0.05, 0.1) is 5.69 Å². The molecule has 1 aromatic carbocycles. The molecule has 100 valence electrons. The Morgan fingerprint density at radius 3 is 2.11 bits per heavy atom. The number of nitrogens with zero attached hydrogens (tertiary/aromatic N) is 5. The number of guanidine groups is 2. The maximum Gasteiger partial charge on any atom is 0.340 e. The van der Waals surface area contributed by atoms with Gasteiger partial charge in [-0.25, -0.2) is 25.2 Å². The molecule has 0 aliphatic heterocycles. The number of para-hydroxylation sites is 1. The van der Waals surface area contributed by atoms with Crippen LogP contribution in [0.1, 0.15) is 0 Å². The van der Waals surface area contributed by atoms with Crippen molar-refractivity contribution in [2.24, 2.45) is 21.5 Å². The molecule has 19 heavy (non-hydrogen) atoms. The van der Waals surface area contributed by atoms with E-state index < -0.39 is 27.1 Å². The molecule has 0 heterocycles. The summed E-state index contributed by atoms with van der Waals surface area (Å²) < 4.78 is 0. The Morgan fingerprint density at radius 2 is 1.63 bits per heavy atom. The lowest BCUT2D eigenvalue weighted by Gasteiger charge is -2.01. The highest BCUT2D eigenvalue weighted by Crippen LogP contribution is 2.09. The molecule has 11 heteroatoms. The topological polar surface area (TPSA) is 166 Å². The number of nitrogens with two attached hydrogens (primary N) is 2. The van der Waals surface area contributed by atoms with Gasteiger partial charge in [-0.2, -0.15) is 4.99 Å². The van der Waals surface area contributed by atoms with Crippen molar-refractivity contribution in [3.63, 3.8) is 0 Å². The first-order valence-corrected chi connectivity index (χ1v) is 4.74. The van der Waals surface area contributed by atoms with Crippen molar-refractivity contribution in [1.29, 1.82) is 0 Å². The van der Waals surface area contributed by atoms with Crippen molar-refractivity contribution >= 4 is 17.6 Å². The van der Waals surface area contributed by atoms with Crippen molar-refractivity contribution in [3.05, 3.63) is 50.6 Å². The number of rotatable bonds is 3. The Labute approximate surface area is 106 Å². The number of hydrazine groups is 2. The van der Waals surface area contributed by atoms with E-state index in [0.717, 1.165) is 0 Å². The standard InChI is InChI=1S/C8H9N7O4/c9-7(11-6-4-2-1-3-5-6)12-8(10)13(14(16)17)15(18)19/h1-5H,(H4,9,10,11,12). The number of nitro groups is 2. The van der Waals surface area contributed by atoms with E-state index in [-0.39, 0.29) is 0 Å². The Kier molecular flexibility index (Phi) is 4.29. The molecule has 0 aliphatic carbocycles. The normalized spacial score (nSPS) is 12.0. The molecule has 0 saturated heterocycles. The average Bonchev–Trinajstić information content (AvgIpc) is 2.28. The molecule has 0 radical (unpaired) electrons. The Hall–Kier alpha value is -3.24. The van der Waals surface area contributed by atoms with Gasteiger partial charge in [0.2, 0.25) is 21.1 Å². The van der Waals surface area contributed by atoms with Crippen molar-refractivity contribution in [3.8, 4) is 0 Å². The smallest absolute Gasteiger partial charge is 0.340 e. The zero-order valence-electron chi connectivity index (χ0n) is 9.41. The van der Waals surface area contributed by atoms with Crippen molar-refractivity contribution < 1.29 is 10.1 Å². The summed E-state index contributed by atoms with van der Waals surface area (Å²) in [6, 6.07) is 8.29. The molecule has 0 aliphatic rings. The minimum absolute atomic E-state index is 0.422. The van der Waals surface area contributed by atoms with E-state index >= 15 is 0 Å². The van der Waals surface area contributed by atoms with Crippen molar-refractivity contribution in [2.75, 3.05) is 0 Å². The first-order chi connectivity index (χ1) is 8.91. The highest BCUT2D eigenvalue weighted by molar-refractivity contribution is 5.93. The van der Waals surface area contributed by atoms with Gasteiger partial charge in [0.1, 0.15) is 0 Å². The summed E-state index contributed by atoms with van der Waals surface area (Å²) in [5, 5.41) is 17.5. The van der Waals surface area contributed by atoms with Crippen LogP contribution in [0.5, 0.6) is 0 Å². The predicted molar refractivity (Wildman–Crippen MR) is 65.2 cm³/mol. The zero-order chi connectivity index (χ0) is 14.4. The first kappa shape index (κ1) is 13.8. The number of hydrogen-bond acceptors (Lipinski definition) is 5. The van der Waals surface area contributed by atoms with Gasteiger partial charge in [-0.1, -0.05) is 18.2 Å². The van der Waals surface area contributed by atoms with Crippen LogP contribution >= 0.6 is 0 Å². The Morgan fingerprint density at radius 1 is 1.11 bits per heavy atom. The summed E-state index contributed by atoms with van der Waals surface area (Å²) in [7, 11) is 0. The van der Waals surface area contributed by atoms with E-state index in [9.17, 15) is 20.2 Å². The SMILES string of the molecule is NC(=Nc1ccccc1)/N=C(\N)N([N+](=O)[O-])[N+](=O)[O-]. The van der Waals surface area contributed by atoms with Crippen molar-refractivity contribution in [1.82, 2.24) is 5.12 Å². The summed E-state index contributed by atoms with van der Waals surface area (Å²) in [5.41, 5.74) is 10.9. The predicted octanol–water partition coefficient (Wildman–Crippen LogP) is -0.367. The fraction of sp³-hybridized carbons (Fsp3) is 0. The second-order valence-corrected chi connectivity index (χ2v) is 3.04. The van der Waals surface area contributed by atoms with Crippen molar-refractivity contribution in [2.45, 2.75) is 0 Å². The third-order valence-corrected chi connectivity index (χ3v) is 1.74. The van der Waals surface area contributed by atoms with Crippen LogP contribution < -0.4 is 11.5 Å². The number of aliphatic imine (C=N–C) groups is 2. The van der Waals surface area contributed by atoms with E-state index in [1.807, 2.05) is 0 Å². The molecule has 1 rings (SSSR count). The highest BCUT2D eigenvalue weighted by Gasteiger charge is 2.33. The monoisotopic (exact) mass is 267 g/mol. The quantitative estimate of drug-likeness (QED) is 0.326. The summed E-state index contributed by atoms with van der Waals surface area (Å²) in [6.07, 6.45) is 0. The maximum atomic E-state index is 10.4. The zero-order valence-corrected chi connectivity index (χ0v) is 9.41. The molecule has 4 N–H and O–H groups in total. The minimum atomic E-state index is -1.34. The molecule has 0 atom stereocenters. The molecule has 0 unspecified atom stereocenters. The summed E-state index contributed by atoms with van der Waals surface area (Å²) in [6.45, 7) is 0. The summed E-state index contributed by atoms with van der Waals surface area (Å²) in [4.78, 5) is 27.8. The molecule has 0 bridgehead atoms. The molecular weight excluding hydrogens is 258 g/mol. The van der Waals surface area contributed by atoms with Crippen LogP contribution in [0.2, 0.25) is 0 Å². The third kappa shape index (κ3) is 3.92. The van der Waals surface area contributed by atoms with Gasteiger partial charge in [-0.05, 0) is 12.1 Å². The van der Waals surface area contributed by atoms with Crippen LogP contribution in [0.4, 0.5) is 5.69 Å². The maximum absolute atomic E-state index is 10.4. The third-order valence-electron chi connectivity index (χ3n) is 1.74. The van der Waals surface area contributed by atoms with Gasteiger partial charge in [0.25, 0.3) is 0 Å². The van der Waals surface area contributed by atoms with E-state index in [0.29, 0.717) is 5.69 Å². The van der Waals surface area contributed by atoms with E-state index in [4.69, 9.17) is 11.5 Å². The van der Waals surface area contributed by atoms with E-state index in [1.54, 1.807) is 30.3 Å². The second kappa shape index (κ2) is 5.90.